The van der Waals surface area contributed by atoms with E-state index < -0.39 is 11.7 Å². The van der Waals surface area contributed by atoms with Gasteiger partial charge in [-0.3, -0.25) is 4.79 Å². The zero-order valence-electron chi connectivity index (χ0n) is 13.2. The van der Waals surface area contributed by atoms with Crippen molar-refractivity contribution in [1.82, 2.24) is 10.4 Å². The molecule has 0 bridgehead atoms. The number of hydrogen-bond donors (Lipinski definition) is 1. The Hall–Kier alpha value is -2.57. The molecule has 1 heterocycles. The maximum Gasteiger partial charge on any atom is 0.283 e. The van der Waals surface area contributed by atoms with E-state index in [4.69, 9.17) is 11.6 Å². The Morgan fingerprint density at radius 1 is 1.24 bits per heavy atom. The monoisotopic (exact) mass is 373 g/mol. The fourth-order valence-corrected chi connectivity index (χ4v) is 3.32. The molecule has 0 aliphatic carbocycles. The van der Waals surface area contributed by atoms with Gasteiger partial charge in [0.05, 0.1) is 16.9 Å². The van der Waals surface area contributed by atoms with E-state index >= 15 is 0 Å². The standard InChI is InChI=1S/C18H13ClFN3OS/c1-11-16(25-18(22-11)12-6-3-2-4-7-12)17(24)23-21-10-13-14(19)8-5-9-15(13)20/h2-10H,1H3,(H,23,24)/b21-10+. The summed E-state index contributed by atoms with van der Waals surface area (Å²) in [4.78, 5) is 17.2. The number of thiazole rings is 1. The maximum absolute atomic E-state index is 13.7. The predicted molar refractivity (Wildman–Crippen MR) is 98.8 cm³/mol. The Kier molecular flexibility index (Phi) is 5.21. The second kappa shape index (κ2) is 7.55. The molecule has 1 amide bonds. The summed E-state index contributed by atoms with van der Waals surface area (Å²) in [6.07, 6.45) is 1.18. The van der Waals surface area contributed by atoms with Crippen LogP contribution in [0.25, 0.3) is 10.6 Å². The van der Waals surface area contributed by atoms with Gasteiger partial charge in [-0.2, -0.15) is 5.10 Å². The van der Waals surface area contributed by atoms with Crippen LogP contribution in [0.4, 0.5) is 4.39 Å². The molecule has 0 spiro atoms. The molecule has 7 heteroatoms. The van der Waals surface area contributed by atoms with Crippen LogP contribution in [0.3, 0.4) is 0 Å². The topological polar surface area (TPSA) is 54.4 Å². The highest BCUT2D eigenvalue weighted by Gasteiger charge is 2.15. The summed E-state index contributed by atoms with van der Waals surface area (Å²) in [6.45, 7) is 1.76. The van der Waals surface area contributed by atoms with Crippen molar-refractivity contribution in [2.75, 3.05) is 0 Å². The van der Waals surface area contributed by atoms with Crippen LogP contribution in [0.2, 0.25) is 5.02 Å². The van der Waals surface area contributed by atoms with Gasteiger partial charge in [-0.25, -0.2) is 14.8 Å². The van der Waals surface area contributed by atoms with Gasteiger partial charge < -0.3 is 0 Å². The first-order chi connectivity index (χ1) is 12.1. The van der Waals surface area contributed by atoms with Crippen molar-refractivity contribution in [3.8, 4) is 10.6 Å². The van der Waals surface area contributed by atoms with Gasteiger partial charge in [0.2, 0.25) is 0 Å². The average Bonchev–Trinajstić information content (AvgIpc) is 3.00. The van der Waals surface area contributed by atoms with Crippen LogP contribution in [0, 0.1) is 12.7 Å². The normalized spacial score (nSPS) is 11.0. The van der Waals surface area contributed by atoms with Crippen LogP contribution < -0.4 is 5.43 Å². The summed E-state index contributed by atoms with van der Waals surface area (Å²) in [5.41, 5.74) is 4.06. The highest BCUT2D eigenvalue weighted by Crippen LogP contribution is 2.27. The second-order valence-corrected chi connectivity index (χ2v) is 6.54. The number of nitrogens with zero attached hydrogens (tertiary/aromatic N) is 2. The number of benzene rings is 2. The third kappa shape index (κ3) is 3.92. The molecule has 25 heavy (non-hydrogen) atoms. The minimum atomic E-state index is -0.508. The number of aryl methyl sites for hydroxylation is 1. The lowest BCUT2D eigenvalue weighted by Crippen LogP contribution is -2.17. The molecule has 0 saturated carbocycles. The van der Waals surface area contributed by atoms with Crippen molar-refractivity contribution in [3.63, 3.8) is 0 Å². The number of amides is 1. The molecule has 0 atom stereocenters. The van der Waals surface area contributed by atoms with Crippen molar-refractivity contribution in [3.05, 3.63) is 75.5 Å². The second-order valence-electron chi connectivity index (χ2n) is 5.13. The molecule has 1 aromatic heterocycles. The number of halogens is 2. The molecule has 0 unspecified atom stereocenters. The molecular weight excluding hydrogens is 361 g/mol. The van der Waals surface area contributed by atoms with Gasteiger partial charge in [0, 0.05) is 11.1 Å². The first-order valence-electron chi connectivity index (χ1n) is 7.36. The quantitative estimate of drug-likeness (QED) is 0.533. The van der Waals surface area contributed by atoms with Gasteiger partial charge in [-0.05, 0) is 19.1 Å². The maximum atomic E-state index is 13.7. The minimum Gasteiger partial charge on any atom is -0.266 e. The highest BCUT2D eigenvalue weighted by molar-refractivity contribution is 7.17. The molecule has 0 fully saturated rings. The molecule has 0 radical (unpaired) electrons. The van der Waals surface area contributed by atoms with E-state index in [0.717, 1.165) is 10.6 Å². The summed E-state index contributed by atoms with van der Waals surface area (Å²) < 4.78 is 13.7. The highest BCUT2D eigenvalue weighted by atomic mass is 35.5. The summed E-state index contributed by atoms with van der Waals surface area (Å²) in [7, 11) is 0. The third-order valence-electron chi connectivity index (χ3n) is 3.38. The first kappa shape index (κ1) is 17.3. The van der Waals surface area contributed by atoms with E-state index in [9.17, 15) is 9.18 Å². The summed E-state index contributed by atoms with van der Waals surface area (Å²) in [5.74, 6) is -0.910. The molecule has 0 aliphatic rings. The lowest BCUT2D eigenvalue weighted by molar-refractivity contribution is 0.0958. The minimum absolute atomic E-state index is 0.121. The Balaban J connectivity index is 1.76. The lowest BCUT2D eigenvalue weighted by Gasteiger charge is -2.00. The van der Waals surface area contributed by atoms with Gasteiger partial charge in [0.15, 0.2) is 0 Å². The first-order valence-corrected chi connectivity index (χ1v) is 8.56. The van der Waals surface area contributed by atoms with Crippen molar-refractivity contribution >= 4 is 35.1 Å². The van der Waals surface area contributed by atoms with Gasteiger partial charge in [-0.1, -0.05) is 48.0 Å². The fraction of sp³-hybridized carbons (Fsp3) is 0.0556. The zero-order chi connectivity index (χ0) is 17.8. The fourth-order valence-electron chi connectivity index (χ4n) is 2.15. The number of carbonyl (C=O) groups is 1. The number of carbonyl (C=O) groups excluding carboxylic acids is 1. The van der Waals surface area contributed by atoms with E-state index in [1.54, 1.807) is 13.0 Å². The van der Waals surface area contributed by atoms with Crippen LogP contribution >= 0.6 is 22.9 Å². The van der Waals surface area contributed by atoms with Crippen molar-refractivity contribution in [2.45, 2.75) is 6.92 Å². The summed E-state index contributed by atoms with van der Waals surface area (Å²) in [6, 6.07) is 13.9. The van der Waals surface area contributed by atoms with Crippen molar-refractivity contribution < 1.29 is 9.18 Å². The van der Waals surface area contributed by atoms with E-state index in [0.29, 0.717) is 10.6 Å². The largest absolute Gasteiger partial charge is 0.283 e. The predicted octanol–water partition coefficient (Wildman–Crippen LogP) is 4.67. The molecule has 1 N–H and O–H groups in total. The van der Waals surface area contributed by atoms with E-state index in [2.05, 4.69) is 15.5 Å². The molecule has 3 rings (SSSR count). The van der Waals surface area contributed by atoms with Crippen molar-refractivity contribution in [1.29, 1.82) is 0 Å². The van der Waals surface area contributed by atoms with Crippen LogP contribution in [0.5, 0.6) is 0 Å². The molecule has 0 saturated heterocycles. The van der Waals surface area contributed by atoms with E-state index in [1.807, 2.05) is 30.3 Å². The van der Waals surface area contributed by atoms with Crippen LogP contribution in [-0.4, -0.2) is 17.1 Å². The van der Waals surface area contributed by atoms with Crippen molar-refractivity contribution in [2.24, 2.45) is 5.10 Å². The number of aromatic nitrogens is 1. The van der Waals surface area contributed by atoms with E-state index in [1.165, 1.54) is 29.7 Å². The molecule has 126 valence electrons. The van der Waals surface area contributed by atoms with E-state index in [-0.39, 0.29) is 10.6 Å². The Labute approximate surface area is 153 Å². The molecule has 3 aromatic rings. The van der Waals surface area contributed by atoms with Gasteiger partial charge in [0.25, 0.3) is 5.91 Å². The van der Waals surface area contributed by atoms with Gasteiger partial charge in [0.1, 0.15) is 15.7 Å². The van der Waals surface area contributed by atoms with Crippen LogP contribution in [-0.2, 0) is 0 Å². The Bertz CT molecular complexity index is 920. The Morgan fingerprint density at radius 3 is 2.72 bits per heavy atom. The number of rotatable bonds is 4. The van der Waals surface area contributed by atoms with Crippen LogP contribution in [0.1, 0.15) is 20.9 Å². The zero-order valence-corrected chi connectivity index (χ0v) is 14.7. The molecule has 4 nitrogen and oxygen atoms in total. The smallest absolute Gasteiger partial charge is 0.266 e. The molecular formula is C18H13ClFN3OS. The molecule has 2 aromatic carbocycles. The average molecular weight is 374 g/mol. The van der Waals surface area contributed by atoms with Gasteiger partial charge >= 0.3 is 0 Å². The lowest BCUT2D eigenvalue weighted by atomic mass is 10.2. The SMILES string of the molecule is Cc1nc(-c2ccccc2)sc1C(=O)N/N=C/c1c(F)cccc1Cl. The summed E-state index contributed by atoms with van der Waals surface area (Å²) >= 11 is 7.18. The number of nitrogens with one attached hydrogen (secondary N) is 1. The number of hydrogen-bond acceptors (Lipinski definition) is 4. The third-order valence-corrected chi connectivity index (χ3v) is 4.92. The van der Waals surface area contributed by atoms with Gasteiger partial charge in [-0.15, -0.1) is 11.3 Å². The Morgan fingerprint density at radius 2 is 2.00 bits per heavy atom. The summed E-state index contributed by atoms with van der Waals surface area (Å²) in [5, 5.41) is 4.77. The van der Waals surface area contributed by atoms with Crippen LogP contribution in [0.15, 0.2) is 53.6 Å². The molecule has 0 aliphatic heterocycles. The number of hydrazone groups is 1.